The highest BCUT2D eigenvalue weighted by molar-refractivity contribution is 5.79. The van der Waals surface area contributed by atoms with Crippen molar-refractivity contribution in [1.82, 2.24) is 25.7 Å². The summed E-state index contributed by atoms with van der Waals surface area (Å²) in [5, 5.41) is 28.0. The average molecular weight is 496 g/mol. The average Bonchev–Trinajstić information content (AvgIpc) is 3.22. The summed E-state index contributed by atoms with van der Waals surface area (Å²) in [5.41, 5.74) is 6.09. The molecule has 1 aromatic heterocycles. The number of aliphatic carboxylic acids is 1. The summed E-state index contributed by atoms with van der Waals surface area (Å²) in [7, 11) is 0. The summed E-state index contributed by atoms with van der Waals surface area (Å²) in [6, 6.07) is 22.8. The van der Waals surface area contributed by atoms with E-state index in [1.54, 1.807) is 6.92 Å². The summed E-state index contributed by atoms with van der Waals surface area (Å²) < 4.78 is 5.60. The first-order valence-corrected chi connectivity index (χ1v) is 11.9. The molecule has 9 heteroatoms. The molecular formula is C28H25N5O4. The first kappa shape index (κ1) is 24.1. The van der Waals surface area contributed by atoms with Crippen LogP contribution in [-0.4, -0.2) is 50.2 Å². The molecule has 0 saturated heterocycles. The Kier molecular flexibility index (Phi) is 6.85. The Morgan fingerprint density at radius 1 is 0.892 bits per heavy atom. The molecule has 1 heterocycles. The second-order valence-electron chi connectivity index (χ2n) is 8.94. The van der Waals surface area contributed by atoms with Crippen molar-refractivity contribution in [2.75, 3.05) is 6.61 Å². The van der Waals surface area contributed by atoms with E-state index in [1.165, 1.54) is 0 Å². The number of nitrogens with zero attached hydrogens (tertiary/aromatic N) is 4. The van der Waals surface area contributed by atoms with E-state index in [-0.39, 0.29) is 18.9 Å². The molecule has 0 saturated carbocycles. The zero-order valence-corrected chi connectivity index (χ0v) is 20.2. The van der Waals surface area contributed by atoms with Crippen LogP contribution in [-0.2, 0) is 16.0 Å². The van der Waals surface area contributed by atoms with E-state index in [4.69, 9.17) is 4.74 Å². The molecule has 0 radical (unpaired) electrons. The topological polar surface area (TPSA) is 127 Å². The predicted molar refractivity (Wildman–Crippen MR) is 136 cm³/mol. The molecule has 1 aliphatic rings. The highest BCUT2D eigenvalue weighted by Crippen LogP contribution is 2.44. The lowest BCUT2D eigenvalue weighted by Crippen LogP contribution is -2.39. The van der Waals surface area contributed by atoms with Gasteiger partial charge in [0.05, 0.1) is 6.42 Å². The SMILES string of the molecule is Cc1nnc(-c2ccc(C[C@H](CC(=O)O)NC(=O)OCC3c4ccccc4-c4ccccc43)cc2)nn1. The van der Waals surface area contributed by atoms with Crippen molar-refractivity contribution in [2.24, 2.45) is 0 Å². The summed E-state index contributed by atoms with van der Waals surface area (Å²) in [6.45, 7) is 1.87. The molecule has 9 nitrogen and oxygen atoms in total. The Labute approximate surface area is 213 Å². The number of amides is 1. The Hall–Kier alpha value is -4.66. The number of aryl methyl sites for hydroxylation is 1. The molecule has 0 aliphatic heterocycles. The lowest BCUT2D eigenvalue weighted by atomic mass is 9.98. The number of ether oxygens (including phenoxy) is 1. The highest BCUT2D eigenvalue weighted by Gasteiger charge is 2.29. The van der Waals surface area contributed by atoms with Crippen molar-refractivity contribution in [3.8, 4) is 22.5 Å². The molecule has 1 amide bonds. The fourth-order valence-electron chi connectivity index (χ4n) is 4.66. The second-order valence-corrected chi connectivity index (χ2v) is 8.94. The molecule has 4 aromatic rings. The van der Waals surface area contributed by atoms with Gasteiger partial charge in [-0.1, -0.05) is 72.8 Å². The van der Waals surface area contributed by atoms with E-state index in [0.29, 0.717) is 18.1 Å². The van der Waals surface area contributed by atoms with Gasteiger partial charge < -0.3 is 15.2 Å². The molecule has 1 aliphatic carbocycles. The first-order chi connectivity index (χ1) is 18.0. The molecule has 0 bridgehead atoms. The summed E-state index contributed by atoms with van der Waals surface area (Å²) in [4.78, 5) is 24.2. The molecule has 37 heavy (non-hydrogen) atoms. The Balaban J connectivity index is 1.23. The number of hydrogen-bond acceptors (Lipinski definition) is 7. The number of carboxylic acid groups (broad SMARTS) is 1. The van der Waals surface area contributed by atoms with Crippen LogP contribution < -0.4 is 5.32 Å². The van der Waals surface area contributed by atoms with Crippen LogP contribution in [0.3, 0.4) is 0 Å². The van der Waals surface area contributed by atoms with E-state index in [1.807, 2.05) is 60.7 Å². The molecule has 0 fully saturated rings. The van der Waals surface area contributed by atoms with Gasteiger partial charge in [0, 0.05) is 17.5 Å². The van der Waals surface area contributed by atoms with Gasteiger partial charge in [0.1, 0.15) is 6.61 Å². The van der Waals surface area contributed by atoms with Crippen molar-refractivity contribution < 1.29 is 19.4 Å². The number of carbonyl (C=O) groups is 2. The van der Waals surface area contributed by atoms with E-state index >= 15 is 0 Å². The first-order valence-electron chi connectivity index (χ1n) is 11.9. The Bertz CT molecular complexity index is 1380. The minimum Gasteiger partial charge on any atom is -0.481 e. The number of nitrogens with one attached hydrogen (secondary N) is 1. The number of carboxylic acids is 1. The zero-order chi connectivity index (χ0) is 25.8. The van der Waals surface area contributed by atoms with Gasteiger partial charge in [-0.15, -0.1) is 20.4 Å². The van der Waals surface area contributed by atoms with Crippen molar-refractivity contribution >= 4 is 12.1 Å². The van der Waals surface area contributed by atoms with E-state index in [0.717, 1.165) is 33.4 Å². The molecule has 5 rings (SSSR count). The third-order valence-corrected chi connectivity index (χ3v) is 6.36. The molecule has 2 N–H and O–H groups in total. The standard InChI is InChI=1S/C28H25N5O4/c1-17-30-32-27(33-31-17)19-12-10-18(11-13-19)14-20(15-26(34)35)29-28(36)37-16-25-23-8-4-2-6-21(23)22-7-3-5-9-24(22)25/h2-13,20,25H,14-16H2,1H3,(H,29,36)(H,34,35)/t20-/m1/s1. The summed E-state index contributed by atoms with van der Waals surface area (Å²) >= 11 is 0. The van der Waals surface area contributed by atoms with Crippen LogP contribution in [0.1, 0.15) is 34.9 Å². The van der Waals surface area contributed by atoms with Crippen molar-refractivity contribution in [2.45, 2.75) is 31.7 Å². The van der Waals surface area contributed by atoms with Gasteiger partial charge in [0.15, 0.2) is 5.82 Å². The van der Waals surface area contributed by atoms with Gasteiger partial charge in [-0.2, -0.15) is 0 Å². The van der Waals surface area contributed by atoms with Crippen LogP contribution in [0.2, 0.25) is 0 Å². The van der Waals surface area contributed by atoms with Crippen molar-refractivity contribution in [3.63, 3.8) is 0 Å². The zero-order valence-electron chi connectivity index (χ0n) is 20.2. The quantitative estimate of drug-likeness (QED) is 0.373. The fraction of sp³-hybridized carbons (Fsp3) is 0.214. The van der Waals surface area contributed by atoms with E-state index < -0.39 is 18.1 Å². The van der Waals surface area contributed by atoms with Crippen LogP contribution in [0.4, 0.5) is 4.79 Å². The third kappa shape index (κ3) is 5.45. The maximum Gasteiger partial charge on any atom is 0.407 e. The number of hydrogen-bond donors (Lipinski definition) is 2. The van der Waals surface area contributed by atoms with Crippen LogP contribution in [0, 0.1) is 6.92 Å². The van der Waals surface area contributed by atoms with Crippen LogP contribution in [0.25, 0.3) is 22.5 Å². The molecular weight excluding hydrogens is 470 g/mol. The van der Waals surface area contributed by atoms with Crippen molar-refractivity contribution in [3.05, 3.63) is 95.3 Å². The fourth-order valence-corrected chi connectivity index (χ4v) is 4.66. The smallest absolute Gasteiger partial charge is 0.407 e. The van der Waals surface area contributed by atoms with E-state index in [9.17, 15) is 14.7 Å². The van der Waals surface area contributed by atoms with Gasteiger partial charge in [-0.05, 0) is 41.2 Å². The van der Waals surface area contributed by atoms with Gasteiger partial charge in [-0.25, -0.2) is 4.79 Å². The number of alkyl carbamates (subject to hydrolysis) is 1. The normalized spacial score (nSPS) is 12.9. The molecule has 0 spiro atoms. The molecule has 186 valence electrons. The lowest BCUT2D eigenvalue weighted by molar-refractivity contribution is -0.137. The molecule has 0 unspecified atom stereocenters. The van der Waals surface area contributed by atoms with Crippen LogP contribution in [0.5, 0.6) is 0 Å². The second kappa shape index (κ2) is 10.5. The number of benzene rings is 3. The Morgan fingerprint density at radius 2 is 1.49 bits per heavy atom. The monoisotopic (exact) mass is 495 g/mol. The predicted octanol–water partition coefficient (Wildman–Crippen LogP) is 4.17. The largest absolute Gasteiger partial charge is 0.481 e. The summed E-state index contributed by atoms with van der Waals surface area (Å²) in [6.07, 6.45) is -0.557. The van der Waals surface area contributed by atoms with Crippen LogP contribution >= 0.6 is 0 Å². The van der Waals surface area contributed by atoms with Gasteiger partial charge in [0.25, 0.3) is 0 Å². The van der Waals surface area contributed by atoms with Gasteiger partial charge >= 0.3 is 12.1 Å². The van der Waals surface area contributed by atoms with Gasteiger partial charge in [-0.3, -0.25) is 4.79 Å². The minimum atomic E-state index is -1.01. The summed E-state index contributed by atoms with van der Waals surface area (Å²) in [5.74, 6) is -0.199. The minimum absolute atomic E-state index is 0.0726. The van der Waals surface area contributed by atoms with Crippen LogP contribution in [0.15, 0.2) is 72.8 Å². The third-order valence-electron chi connectivity index (χ3n) is 6.36. The number of rotatable bonds is 8. The maximum absolute atomic E-state index is 12.7. The van der Waals surface area contributed by atoms with Gasteiger partial charge in [0.2, 0.25) is 5.82 Å². The highest BCUT2D eigenvalue weighted by atomic mass is 16.5. The molecule has 1 atom stereocenters. The Morgan fingerprint density at radius 3 is 2.08 bits per heavy atom. The number of aromatic nitrogens is 4. The number of carbonyl (C=O) groups excluding carboxylic acids is 1. The lowest BCUT2D eigenvalue weighted by Gasteiger charge is -2.19. The number of fused-ring (bicyclic) bond motifs is 3. The van der Waals surface area contributed by atoms with Crippen molar-refractivity contribution in [1.29, 1.82) is 0 Å². The maximum atomic E-state index is 12.7. The molecule has 3 aromatic carbocycles. The van der Waals surface area contributed by atoms with E-state index in [2.05, 4.69) is 37.8 Å².